The lowest BCUT2D eigenvalue weighted by molar-refractivity contribution is 0.0983. The third-order valence-corrected chi connectivity index (χ3v) is 9.47. The van der Waals surface area contributed by atoms with E-state index in [-0.39, 0.29) is 23.2 Å². The number of fused-ring (bicyclic) bond motifs is 1. The topological polar surface area (TPSA) is 73.8 Å². The SMILES string of the molecule is CCCCN(CC)S(=O)(=O)c1ccc(C(=O)N(CCN(CC)CC)c2nc3ccc(Cl)cc3s2)cc1.Cl. The molecular formula is C26H36Cl2N4O3S2. The van der Waals surface area contributed by atoms with E-state index in [0.717, 1.165) is 36.1 Å². The Morgan fingerprint density at radius 1 is 0.946 bits per heavy atom. The molecule has 3 aromatic rings. The summed E-state index contributed by atoms with van der Waals surface area (Å²) in [7, 11) is -3.61. The first-order valence-corrected chi connectivity index (χ1v) is 15.1. The average molecular weight is 588 g/mol. The molecule has 0 bridgehead atoms. The highest BCUT2D eigenvalue weighted by atomic mass is 35.5. The van der Waals surface area contributed by atoms with E-state index in [9.17, 15) is 13.2 Å². The van der Waals surface area contributed by atoms with Crippen molar-refractivity contribution in [3.8, 4) is 0 Å². The summed E-state index contributed by atoms with van der Waals surface area (Å²) < 4.78 is 28.6. The summed E-state index contributed by atoms with van der Waals surface area (Å²) in [4.78, 5) is 22.5. The number of thiazole rings is 1. The van der Waals surface area contributed by atoms with Crippen LogP contribution in [-0.2, 0) is 10.0 Å². The lowest BCUT2D eigenvalue weighted by Gasteiger charge is -2.25. The van der Waals surface area contributed by atoms with Gasteiger partial charge in [-0.2, -0.15) is 4.31 Å². The molecule has 11 heteroatoms. The van der Waals surface area contributed by atoms with E-state index in [1.165, 1.54) is 27.8 Å². The van der Waals surface area contributed by atoms with E-state index >= 15 is 0 Å². The maximum absolute atomic E-state index is 13.7. The lowest BCUT2D eigenvalue weighted by Crippen LogP contribution is -2.39. The van der Waals surface area contributed by atoms with Gasteiger partial charge in [-0.15, -0.1) is 12.4 Å². The molecule has 0 saturated heterocycles. The summed E-state index contributed by atoms with van der Waals surface area (Å²) in [5.41, 5.74) is 1.20. The molecule has 2 aromatic carbocycles. The van der Waals surface area contributed by atoms with Gasteiger partial charge < -0.3 is 4.90 Å². The smallest absolute Gasteiger partial charge is 0.260 e. The Balaban J connectivity index is 0.00000481. The zero-order chi connectivity index (χ0) is 26.3. The van der Waals surface area contributed by atoms with Gasteiger partial charge in [0.1, 0.15) is 0 Å². The predicted octanol–water partition coefficient (Wildman–Crippen LogP) is 6.17. The molecule has 0 N–H and O–H groups in total. The molecule has 1 amide bonds. The number of aromatic nitrogens is 1. The Labute approximate surface area is 235 Å². The Bertz CT molecular complexity index is 1260. The molecule has 0 aliphatic heterocycles. The zero-order valence-corrected chi connectivity index (χ0v) is 25.0. The van der Waals surface area contributed by atoms with Crippen LogP contribution >= 0.6 is 35.3 Å². The summed E-state index contributed by atoms with van der Waals surface area (Å²) in [6, 6.07) is 11.7. The van der Waals surface area contributed by atoms with Crippen LogP contribution in [-0.4, -0.2) is 67.8 Å². The van der Waals surface area contributed by atoms with Gasteiger partial charge in [-0.3, -0.25) is 9.69 Å². The molecule has 1 heterocycles. The summed E-state index contributed by atoms with van der Waals surface area (Å²) >= 11 is 7.58. The van der Waals surface area contributed by atoms with Crippen LogP contribution in [0.2, 0.25) is 5.02 Å². The molecule has 0 aliphatic rings. The lowest BCUT2D eigenvalue weighted by atomic mass is 10.2. The average Bonchev–Trinajstić information content (AvgIpc) is 3.29. The highest BCUT2D eigenvalue weighted by Gasteiger charge is 2.25. The molecule has 204 valence electrons. The summed E-state index contributed by atoms with van der Waals surface area (Å²) in [5.74, 6) is -0.213. The van der Waals surface area contributed by atoms with Gasteiger partial charge in [0.05, 0.1) is 15.1 Å². The van der Waals surface area contributed by atoms with Crippen LogP contribution in [0.1, 0.15) is 50.9 Å². The number of amides is 1. The van der Waals surface area contributed by atoms with Gasteiger partial charge in [-0.25, -0.2) is 13.4 Å². The monoisotopic (exact) mass is 586 g/mol. The number of sulfonamides is 1. The second kappa shape index (κ2) is 14.4. The van der Waals surface area contributed by atoms with Crippen LogP contribution < -0.4 is 4.90 Å². The van der Waals surface area contributed by atoms with Crippen molar-refractivity contribution in [2.45, 2.75) is 45.4 Å². The van der Waals surface area contributed by atoms with Gasteiger partial charge in [0.2, 0.25) is 10.0 Å². The third kappa shape index (κ3) is 7.65. The van der Waals surface area contributed by atoms with Gasteiger partial charge in [-0.1, -0.05) is 57.1 Å². The first-order valence-electron chi connectivity index (χ1n) is 12.5. The Hall–Kier alpha value is -1.75. The van der Waals surface area contributed by atoms with Gasteiger partial charge in [0.15, 0.2) is 5.13 Å². The van der Waals surface area contributed by atoms with Crippen molar-refractivity contribution in [1.29, 1.82) is 0 Å². The van der Waals surface area contributed by atoms with E-state index in [1.54, 1.807) is 23.1 Å². The second-order valence-corrected chi connectivity index (χ2v) is 11.9. The highest BCUT2D eigenvalue weighted by Crippen LogP contribution is 2.31. The van der Waals surface area contributed by atoms with Crippen LogP contribution in [0.3, 0.4) is 0 Å². The van der Waals surface area contributed by atoms with Crippen molar-refractivity contribution in [2.75, 3.05) is 44.2 Å². The second-order valence-electron chi connectivity index (χ2n) is 8.47. The minimum atomic E-state index is -3.61. The van der Waals surface area contributed by atoms with Gasteiger partial charge in [0, 0.05) is 36.8 Å². The van der Waals surface area contributed by atoms with E-state index in [2.05, 4.69) is 18.7 Å². The number of rotatable bonds is 13. The van der Waals surface area contributed by atoms with Crippen LogP contribution in [0.4, 0.5) is 5.13 Å². The standard InChI is InChI=1S/C26H35ClN4O3S2.ClH/c1-5-9-16-30(8-4)36(33,34)22-13-10-20(11-14-22)25(32)31(18-17-29(6-2)7-3)26-28-23-15-12-21(27)19-24(23)35-26;/h10-15,19H,5-9,16-18H2,1-4H3;1H. The maximum atomic E-state index is 13.7. The molecule has 37 heavy (non-hydrogen) atoms. The molecule has 0 radical (unpaired) electrons. The predicted molar refractivity (Wildman–Crippen MR) is 157 cm³/mol. The fourth-order valence-electron chi connectivity index (χ4n) is 3.92. The number of anilines is 1. The fraction of sp³-hybridized carbons (Fsp3) is 0.462. The van der Waals surface area contributed by atoms with Crippen LogP contribution in [0.5, 0.6) is 0 Å². The molecule has 0 atom stereocenters. The Morgan fingerprint density at radius 2 is 1.62 bits per heavy atom. The van der Waals surface area contributed by atoms with E-state index in [1.807, 2.05) is 26.0 Å². The van der Waals surface area contributed by atoms with Crippen LogP contribution in [0.15, 0.2) is 47.4 Å². The van der Waals surface area contributed by atoms with Crippen LogP contribution in [0.25, 0.3) is 10.2 Å². The number of nitrogens with zero attached hydrogens (tertiary/aromatic N) is 4. The molecule has 0 aliphatic carbocycles. The van der Waals surface area contributed by atoms with Crippen molar-refractivity contribution in [2.24, 2.45) is 0 Å². The molecule has 0 spiro atoms. The van der Waals surface area contributed by atoms with Gasteiger partial charge >= 0.3 is 0 Å². The molecule has 3 rings (SSSR count). The quantitative estimate of drug-likeness (QED) is 0.239. The number of carbonyl (C=O) groups is 1. The summed E-state index contributed by atoms with van der Waals surface area (Å²) in [5, 5.41) is 1.22. The highest BCUT2D eigenvalue weighted by molar-refractivity contribution is 7.89. The fourth-order valence-corrected chi connectivity index (χ4v) is 6.68. The largest absolute Gasteiger partial charge is 0.302 e. The minimum Gasteiger partial charge on any atom is -0.302 e. The maximum Gasteiger partial charge on any atom is 0.260 e. The first-order chi connectivity index (χ1) is 17.2. The molecule has 7 nitrogen and oxygen atoms in total. The van der Waals surface area contributed by atoms with Crippen LogP contribution in [0, 0.1) is 0 Å². The van der Waals surface area contributed by atoms with Crippen molar-refractivity contribution in [1.82, 2.24) is 14.2 Å². The van der Waals surface area contributed by atoms with Crippen molar-refractivity contribution < 1.29 is 13.2 Å². The Morgan fingerprint density at radius 3 is 2.22 bits per heavy atom. The summed E-state index contributed by atoms with van der Waals surface area (Å²) in [6.45, 7) is 11.9. The van der Waals surface area contributed by atoms with Gasteiger partial charge in [-0.05, 0) is 62.0 Å². The first kappa shape index (κ1) is 31.5. The number of carbonyl (C=O) groups excluding carboxylic acids is 1. The molecule has 1 aromatic heterocycles. The van der Waals surface area contributed by atoms with Crippen molar-refractivity contribution in [3.63, 3.8) is 0 Å². The van der Waals surface area contributed by atoms with E-state index in [4.69, 9.17) is 16.6 Å². The molecule has 0 saturated carbocycles. The zero-order valence-electron chi connectivity index (χ0n) is 21.8. The normalized spacial score (nSPS) is 11.8. The Kier molecular flexibility index (Phi) is 12.3. The third-order valence-electron chi connectivity index (χ3n) is 6.20. The van der Waals surface area contributed by atoms with Gasteiger partial charge in [0.25, 0.3) is 5.91 Å². The summed E-state index contributed by atoms with van der Waals surface area (Å²) in [6.07, 6.45) is 1.72. The van der Waals surface area contributed by atoms with E-state index < -0.39 is 10.0 Å². The number of halogens is 2. The number of likely N-dealkylation sites (N-methyl/N-ethyl adjacent to an activating group) is 1. The molecular weight excluding hydrogens is 551 g/mol. The van der Waals surface area contributed by atoms with E-state index in [0.29, 0.717) is 41.9 Å². The number of hydrogen-bond donors (Lipinski definition) is 0. The van der Waals surface area contributed by atoms with Crippen molar-refractivity contribution in [3.05, 3.63) is 53.1 Å². The molecule has 0 unspecified atom stereocenters. The van der Waals surface area contributed by atoms with Crippen molar-refractivity contribution >= 4 is 66.6 Å². The number of hydrogen-bond acceptors (Lipinski definition) is 6. The minimum absolute atomic E-state index is 0. The molecule has 0 fully saturated rings. The number of unbranched alkanes of at least 4 members (excludes halogenated alkanes) is 1. The number of benzene rings is 2.